The number of benzene rings is 1. The molecule has 0 saturated heterocycles. The van der Waals surface area contributed by atoms with Crippen molar-refractivity contribution in [3.63, 3.8) is 0 Å². The summed E-state index contributed by atoms with van der Waals surface area (Å²) >= 11 is 6.16. The third-order valence-corrected chi connectivity index (χ3v) is 4.36. The number of nitrogens with zero attached hydrogens (tertiary/aromatic N) is 2. The fraction of sp³-hybridized carbons (Fsp3) is 0.375. The smallest absolute Gasteiger partial charge is 0.287 e. The third-order valence-electron chi connectivity index (χ3n) is 3.99. The van der Waals surface area contributed by atoms with Crippen LogP contribution in [0.1, 0.15) is 24.5 Å². The number of halogens is 1. The molecule has 4 nitrogen and oxygen atoms in total. The van der Waals surface area contributed by atoms with E-state index in [0.29, 0.717) is 12.2 Å². The molecule has 0 radical (unpaired) electrons. The van der Waals surface area contributed by atoms with Crippen molar-refractivity contribution in [2.45, 2.75) is 38.8 Å². The van der Waals surface area contributed by atoms with E-state index in [1.165, 1.54) is 15.8 Å². The van der Waals surface area contributed by atoms with Gasteiger partial charge in [0.1, 0.15) is 5.02 Å². The molecule has 0 saturated carbocycles. The molecule has 1 unspecified atom stereocenters. The van der Waals surface area contributed by atoms with Crippen molar-refractivity contribution in [1.29, 1.82) is 0 Å². The Morgan fingerprint density at radius 1 is 1.38 bits per heavy atom. The first-order chi connectivity index (χ1) is 10.2. The predicted octanol–water partition coefficient (Wildman–Crippen LogP) is 2.89. The highest BCUT2D eigenvalue weighted by Crippen LogP contribution is 2.25. The quantitative estimate of drug-likeness (QED) is 0.948. The van der Waals surface area contributed by atoms with Gasteiger partial charge in [0.15, 0.2) is 0 Å². The summed E-state index contributed by atoms with van der Waals surface area (Å²) in [7, 11) is 0. The molecule has 0 amide bonds. The van der Waals surface area contributed by atoms with Crippen molar-refractivity contribution >= 4 is 17.3 Å². The molecule has 5 heteroatoms. The zero-order valence-corrected chi connectivity index (χ0v) is 12.7. The average molecular weight is 304 g/mol. The minimum absolute atomic E-state index is 0.228. The lowest BCUT2D eigenvalue weighted by Gasteiger charge is -2.26. The lowest BCUT2D eigenvalue weighted by molar-refractivity contribution is 0.599. The maximum atomic E-state index is 12.0. The van der Waals surface area contributed by atoms with Gasteiger partial charge in [0, 0.05) is 12.6 Å². The molecule has 0 aliphatic heterocycles. The number of fused-ring (bicyclic) bond motifs is 1. The Morgan fingerprint density at radius 2 is 2.14 bits per heavy atom. The molecule has 0 spiro atoms. The van der Waals surface area contributed by atoms with E-state index >= 15 is 0 Å². The Bertz CT molecular complexity index is 711. The van der Waals surface area contributed by atoms with Crippen molar-refractivity contribution < 1.29 is 0 Å². The van der Waals surface area contributed by atoms with Gasteiger partial charge in [-0.3, -0.25) is 4.79 Å². The number of hydrogen-bond acceptors (Lipinski definition) is 3. The number of rotatable bonds is 3. The van der Waals surface area contributed by atoms with E-state index in [1.54, 1.807) is 6.20 Å². The zero-order valence-electron chi connectivity index (χ0n) is 12.0. The molecule has 0 bridgehead atoms. The molecule has 1 aliphatic rings. The molecule has 1 N–H and O–H groups in total. The van der Waals surface area contributed by atoms with Crippen LogP contribution in [0, 0.1) is 0 Å². The van der Waals surface area contributed by atoms with E-state index in [1.807, 2.05) is 6.92 Å². The molecule has 1 heterocycles. The topological polar surface area (TPSA) is 46.9 Å². The van der Waals surface area contributed by atoms with Crippen molar-refractivity contribution in [3.8, 4) is 0 Å². The SMILES string of the molecule is CCn1ncc(NC2CCc3ccccc3C2)c(Cl)c1=O. The van der Waals surface area contributed by atoms with Crippen LogP contribution in [0.15, 0.2) is 35.3 Å². The van der Waals surface area contributed by atoms with Crippen molar-refractivity contribution in [2.75, 3.05) is 5.32 Å². The van der Waals surface area contributed by atoms with Gasteiger partial charge in [-0.05, 0) is 37.3 Å². The van der Waals surface area contributed by atoms with Crippen molar-refractivity contribution in [3.05, 3.63) is 57.0 Å². The number of anilines is 1. The molecular formula is C16H18ClN3O. The highest BCUT2D eigenvalue weighted by Gasteiger charge is 2.19. The van der Waals surface area contributed by atoms with E-state index < -0.39 is 0 Å². The summed E-state index contributed by atoms with van der Waals surface area (Å²) < 4.78 is 1.36. The van der Waals surface area contributed by atoms with Crippen LogP contribution in [0.5, 0.6) is 0 Å². The van der Waals surface area contributed by atoms with Crippen molar-refractivity contribution in [2.24, 2.45) is 0 Å². The summed E-state index contributed by atoms with van der Waals surface area (Å²) in [5, 5.41) is 7.73. The lowest BCUT2D eigenvalue weighted by atomic mass is 9.88. The van der Waals surface area contributed by atoms with Crippen LogP contribution in [0.2, 0.25) is 5.02 Å². The fourth-order valence-electron chi connectivity index (χ4n) is 2.83. The maximum Gasteiger partial charge on any atom is 0.287 e. The summed E-state index contributed by atoms with van der Waals surface area (Å²) in [6.45, 7) is 2.39. The molecule has 1 aliphatic carbocycles. The van der Waals surface area contributed by atoms with Crippen LogP contribution in [0.3, 0.4) is 0 Å². The molecule has 1 aromatic carbocycles. The van der Waals surface area contributed by atoms with E-state index in [0.717, 1.165) is 19.3 Å². The molecule has 21 heavy (non-hydrogen) atoms. The predicted molar refractivity (Wildman–Crippen MR) is 85.1 cm³/mol. The Morgan fingerprint density at radius 3 is 2.90 bits per heavy atom. The second-order valence-electron chi connectivity index (χ2n) is 5.35. The monoisotopic (exact) mass is 303 g/mol. The minimum Gasteiger partial charge on any atom is -0.379 e. The van der Waals surface area contributed by atoms with Gasteiger partial charge in [-0.1, -0.05) is 35.9 Å². The Balaban J connectivity index is 1.80. The number of hydrogen-bond donors (Lipinski definition) is 1. The Labute approximate surface area is 128 Å². The average Bonchev–Trinajstić information content (AvgIpc) is 2.52. The van der Waals surface area contributed by atoms with Gasteiger partial charge in [-0.25, -0.2) is 4.68 Å². The van der Waals surface area contributed by atoms with E-state index in [9.17, 15) is 4.79 Å². The largest absolute Gasteiger partial charge is 0.379 e. The van der Waals surface area contributed by atoms with Crippen LogP contribution in [-0.4, -0.2) is 15.8 Å². The summed E-state index contributed by atoms with van der Waals surface area (Å²) in [4.78, 5) is 12.0. The third kappa shape index (κ3) is 2.81. The van der Waals surface area contributed by atoms with Crippen LogP contribution in [0.25, 0.3) is 0 Å². The lowest BCUT2D eigenvalue weighted by Crippen LogP contribution is -2.30. The number of aromatic nitrogens is 2. The van der Waals surface area contributed by atoms with Gasteiger partial charge in [0.05, 0.1) is 11.9 Å². The first-order valence-corrected chi connectivity index (χ1v) is 7.65. The van der Waals surface area contributed by atoms with Gasteiger partial charge in [0.2, 0.25) is 0 Å². The molecule has 110 valence electrons. The molecular weight excluding hydrogens is 286 g/mol. The summed E-state index contributed by atoms with van der Waals surface area (Å²) in [6, 6.07) is 8.78. The highest BCUT2D eigenvalue weighted by atomic mass is 35.5. The Kier molecular flexibility index (Phi) is 3.97. The van der Waals surface area contributed by atoms with Crippen LogP contribution >= 0.6 is 11.6 Å². The van der Waals surface area contributed by atoms with Gasteiger partial charge >= 0.3 is 0 Å². The van der Waals surface area contributed by atoms with E-state index in [4.69, 9.17) is 11.6 Å². The normalized spacial score (nSPS) is 17.3. The van der Waals surface area contributed by atoms with Crippen LogP contribution in [-0.2, 0) is 19.4 Å². The van der Waals surface area contributed by atoms with Gasteiger partial charge in [-0.2, -0.15) is 5.10 Å². The highest BCUT2D eigenvalue weighted by molar-refractivity contribution is 6.32. The minimum atomic E-state index is -0.236. The van der Waals surface area contributed by atoms with Gasteiger partial charge in [-0.15, -0.1) is 0 Å². The molecule has 0 fully saturated rings. The molecule has 2 aromatic rings. The van der Waals surface area contributed by atoms with Gasteiger partial charge < -0.3 is 5.32 Å². The molecule has 1 aromatic heterocycles. The summed E-state index contributed by atoms with van der Waals surface area (Å²) in [6.07, 6.45) is 4.67. The van der Waals surface area contributed by atoms with E-state index in [2.05, 4.69) is 34.7 Å². The maximum absolute atomic E-state index is 12.0. The zero-order chi connectivity index (χ0) is 14.8. The second kappa shape index (κ2) is 5.90. The van der Waals surface area contributed by atoms with E-state index in [-0.39, 0.29) is 16.6 Å². The number of aryl methyl sites for hydroxylation is 2. The first kappa shape index (κ1) is 14.1. The Hall–Kier alpha value is -1.81. The number of nitrogens with one attached hydrogen (secondary N) is 1. The summed E-state index contributed by atoms with van der Waals surface area (Å²) in [5.41, 5.74) is 3.18. The summed E-state index contributed by atoms with van der Waals surface area (Å²) in [5.74, 6) is 0. The first-order valence-electron chi connectivity index (χ1n) is 7.28. The van der Waals surface area contributed by atoms with Crippen LogP contribution in [0.4, 0.5) is 5.69 Å². The van der Waals surface area contributed by atoms with Crippen molar-refractivity contribution in [1.82, 2.24) is 9.78 Å². The molecule has 1 atom stereocenters. The standard InChI is InChI=1S/C16H18ClN3O/c1-2-20-16(21)15(17)14(10-18-20)19-13-8-7-11-5-3-4-6-12(11)9-13/h3-6,10,13,19H,2,7-9H2,1H3. The molecule has 3 rings (SSSR count). The van der Waals surface area contributed by atoms with Gasteiger partial charge in [0.25, 0.3) is 5.56 Å². The van der Waals surface area contributed by atoms with Crippen LogP contribution < -0.4 is 10.9 Å². The fourth-order valence-corrected chi connectivity index (χ4v) is 3.03. The second-order valence-corrected chi connectivity index (χ2v) is 5.72.